The zero-order valence-electron chi connectivity index (χ0n) is 10.2. The molecule has 4 heteroatoms. The Hall–Kier alpha value is -1.55. The van der Waals surface area contributed by atoms with Crippen molar-refractivity contribution < 1.29 is 19.4 Å². The van der Waals surface area contributed by atoms with Gasteiger partial charge in [-0.3, -0.25) is 4.79 Å². The highest BCUT2D eigenvalue weighted by Gasteiger charge is 2.07. The Kier molecular flexibility index (Phi) is 5.49. The number of aliphatic hydroxyl groups is 1. The molecule has 0 saturated carbocycles. The number of methoxy groups -OCH3 is 1. The molecule has 0 radical (unpaired) electrons. The largest absolute Gasteiger partial charge is 0.493 e. The molecule has 0 saturated heterocycles. The summed E-state index contributed by atoms with van der Waals surface area (Å²) in [5.41, 5.74) is 0.745. The van der Waals surface area contributed by atoms with E-state index in [1.807, 2.05) is 6.92 Å². The summed E-state index contributed by atoms with van der Waals surface area (Å²) in [7, 11) is 1.53. The summed E-state index contributed by atoms with van der Waals surface area (Å²) in [5.74, 6) is 1.12. The van der Waals surface area contributed by atoms with Crippen LogP contribution >= 0.6 is 0 Å². The standard InChI is InChI=1S/C13H18O4/c1-3-4-11(15)9-17-12-6-5-10(8-14)7-13(12)16-2/h5-7,14H,3-4,8-9H2,1-2H3. The Balaban J connectivity index is 2.67. The fourth-order valence-corrected chi connectivity index (χ4v) is 1.44. The number of rotatable bonds is 7. The second-order valence-electron chi connectivity index (χ2n) is 3.72. The second kappa shape index (κ2) is 6.91. The van der Waals surface area contributed by atoms with Crippen molar-refractivity contribution >= 4 is 5.78 Å². The van der Waals surface area contributed by atoms with E-state index in [0.29, 0.717) is 17.9 Å². The maximum Gasteiger partial charge on any atom is 0.170 e. The lowest BCUT2D eigenvalue weighted by Gasteiger charge is -2.11. The lowest BCUT2D eigenvalue weighted by molar-refractivity contribution is -0.121. The minimum atomic E-state index is -0.0502. The molecule has 0 aromatic heterocycles. The summed E-state index contributed by atoms with van der Waals surface area (Å²) < 4.78 is 10.5. The van der Waals surface area contributed by atoms with E-state index in [-0.39, 0.29) is 19.0 Å². The Morgan fingerprint density at radius 2 is 2.12 bits per heavy atom. The lowest BCUT2D eigenvalue weighted by Crippen LogP contribution is -2.11. The van der Waals surface area contributed by atoms with Crippen molar-refractivity contribution in [1.29, 1.82) is 0 Å². The van der Waals surface area contributed by atoms with E-state index in [9.17, 15) is 4.79 Å². The first-order valence-corrected chi connectivity index (χ1v) is 5.63. The quantitative estimate of drug-likeness (QED) is 0.788. The van der Waals surface area contributed by atoms with E-state index in [0.717, 1.165) is 12.0 Å². The normalized spacial score (nSPS) is 10.1. The fourth-order valence-electron chi connectivity index (χ4n) is 1.44. The van der Waals surface area contributed by atoms with Crippen LogP contribution in [0, 0.1) is 0 Å². The summed E-state index contributed by atoms with van der Waals surface area (Å²) in [6.45, 7) is 1.96. The lowest BCUT2D eigenvalue weighted by atomic mass is 10.2. The van der Waals surface area contributed by atoms with Gasteiger partial charge in [0.2, 0.25) is 0 Å². The fraction of sp³-hybridized carbons (Fsp3) is 0.462. The number of hydrogen-bond acceptors (Lipinski definition) is 4. The van der Waals surface area contributed by atoms with Crippen LogP contribution in [-0.2, 0) is 11.4 Å². The van der Waals surface area contributed by atoms with Gasteiger partial charge in [-0.15, -0.1) is 0 Å². The maximum absolute atomic E-state index is 11.3. The number of carbonyl (C=O) groups excluding carboxylic acids is 1. The molecule has 0 unspecified atom stereocenters. The van der Waals surface area contributed by atoms with Gasteiger partial charge in [0.15, 0.2) is 17.3 Å². The molecule has 0 fully saturated rings. The maximum atomic E-state index is 11.3. The molecule has 0 aliphatic heterocycles. The van der Waals surface area contributed by atoms with Gasteiger partial charge >= 0.3 is 0 Å². The van der Waals surface area contributed by atoms with Crippen LogP contribution in [0.1, 0.15) is 25.3 Å². The highest BCUT2D eigenvalue weighted by molar-refractivity contribution is 5.79. The molecular weight excluding hydrogens is 220 g/mol. The Morgan fingerprint density at radius 1 is 1.35 bits per heavy atom. The highest BCUT2D eigenvalue weighted by atomic mass is 16.5. The van der Waals surface area contributed by atoms with Crippen LogP contribution < -0.4 is 9.47 Å². The first-order chi connectivity index (χ1) is 8.21. The summed E-state index contributed by atoms with van der Waals surface area (Å²) >= 11 is 0. The SMILES string of the molecule is CCCC(=O)COc1ccc(CO)cc1OC. The predicted molar refractivity (Wildman–Crippen MR) is 64.3 cm³/mol. The van der Waals surface area contributed by atoms with Crippen LogP contribution in [0.2, 0.25) is 0 Å². The van der Waals surface area contributed by atoms with Crippen molar-refractivity contribution in [2.24, 2.45) is 0 Å². The van der Waals surface area contributed by atoms with Gasteiger partial charge in [-0.2, -0.15) is 0 Å². The van der Waals surface area contributed by atoms with Crippen LogP contribution in [0.15, 0.2) is 18.2 Å². The number of ketones is 1. The van der Waals surface area contributed by atoms with Gasteiger partial charge in [-0.05, 0) is 24.1 Å². The van der Waals surface area contributed by atoms with Gasteiger partial charge in [0.1, 0.15) is 6.61 Å². The smallest absolute Gasteiger partial charge is 0.170 e. The van der Waals surface area contributed by atoms with E-state index in [1.165, 1.54) is 7.11 Å². The summed E-state index contributed by atoms with van der Waals surface area (Å²) in [4.78, 5) is 11.3. The van der Waals surface area contributed by atoms with Gasteiger partial charge in [-0.25, -0.2) is 0 Å². The summed E-state index contributed by atoms with van der Waals surface area (Å²) in [5, 5.41) is 8.99. The number of ether oxygens (including phenoxy) is 2. The van der Waals surface area contributed by atoms with Crippen molar-refractivity contribution in [1.82, 2.24) is 0 Å². The molecule has 0 bridgehead atoms. The molecule has 4 nitrogen and oxygen atoms in total. The number of aliphatic hydroxyl groups excluding tert-OH is 1. The molecule has 0 spiro atoms. The third kappa shape index (κ3) is 4.07. The van der Waals surface area contributed by atoms with E-state index < -0.39 is 0 Å². The van der Waals surface area contributed by atoms with Crippen molar-refractivity contribution in [2.75, 3.05) is 13.7 Å². The van der Waals surface area contributed by atoms with Crippen molar-refractivity contribution in [2.45, 2.75) is 26.4 Å². The molecule has 0 aliphatic carbocycles. The van der Waals surface area contributed by atoms with E-state index in [4.69, 9.17) is 14.6 Å². The molecule has 1 rings (SSSR count). The molecule has 1 aromatic carbocycles. The zero-order valence-corrected chi connectivity index (χ0v) is 10.2. The van der Waals surface area contributed by atoms with Crippen molar-refractivity contribution in [3.8, 4) is 11.5 Å². The highest BCUT2D eigenvalue weighted by Crippen LogP contribution is 2.28. The van der Waals surface area contributed by atoms with Crippen LogP contribution in [0.5, 0.6) is 11.5 Å². The van der Waals surface area contributed by atoms with Gasteiger partial charge in [0.05, 0.1) is 13.7 Å². The van der Waals surface area contributed by atoms with Crippen LogP contribution in [0.4, 0.5) is 0 Å². The number of benzene rings is 1. The number of hydrogen-bond donors (Lipinski definition) is 1. The van der Waals surface area contributed by atoms with Gasteiger partial charge in [-0.1, -0.05) is 13.0 Å². The number of carbonyl (C=O) groups is 1. The molecule has 17 heavy (non-hydrogen) atoms. The minimum Gasteiger partial charge on any atom is -0.493 e. The summed E-state index contributed by atoms with van der Waals surface area (Å²) in [6, 6.07) is 5.13. The van der Waals surface area contributed by atoms with Crippen LogP contribution in [0.3, 0.4) is 0 Å². The van der Waals surface area contributed by atoms with E-state index in [2.05, 4.69) is 0 Å². The molecule has 0 heterocycles. The van der Waals surface area contributed by atoms with Crippen LogP contribution in [-0.4, -0.2) is 24.6 Å². The average molecular weight is 238 g/mol. The van der Waals surface area contributed by atoms with Gasteiger partial charge < -0.3 is 14.6 Å². The zero-order chi connectivity index (χ0) is 12.7. The molecule has 1 aromatic rings. The Bertz CT molecular complexity index is 374. The van der Waals surface area contributed by atoms with E-state index >= 15 is 0 Å². The Morgan fingerprint density at radius 3 is 2.71 bits per heavy atom. The first-order valence-electron chi connectivity index (χ1n) is 5.63. The third-order valence-corrected chi connectivity index (χ3v) is 2.33. The average Bonchev–Trinajstić information content (AvgIpc) is 2.36. The van der Waals surface area contributed by atoms with E-state index in [1.54, 1.807) is 18.2 Å². The third-order valence-electron chi connectivity index (χ3n) is 2.33. The topological polar surface area (TPSA) is 55.8 Å². The molecule has 0 aliphatic rings. The monoisotopic (exact) mass is 238 g/mol. The predicted octanol–water partition coefficient (Wildman–Crippen LogP) is 1.94. The molecule has 94 valence electrons. The molecule has 0 amide bonds. The Labute approximate surface area is 101 Å². The van der Waals surface area contributed by atoms with Crippen molar-refractivity contribution in [3.05, 3.63) is 23.8 Å². The van der Waals surface area contributed by atoms with Gasteiger partial charge in [0.25, 0.3) is 0 Å². The molecule has 0 atom stereocenters. The summed E-state index contributed by atoms with van der Waals surface area (Å²) in [6.07, 6.45) is 1.35. The van der Waals surface area contributed by atoms with Gasteiger partial charge in [0, 0.05) is 6.42 Å². The molecular formula is C13H18O4. The molecule has 1 N–H and O–H groups in total. The minimum absolute atomic E-state index is 0.0502. The van der Waals surface area contributed by atoms with Crippen molar-refractivity contribution in [3.63, 3.8) is 0 Å². The first kappa shape index (κ1) is 13.5. The second-order valence-corrected chi connectivity index (χ2v) is 3.72. The van der Waals surface area contributed by atoms with Crippen LogP contribution in [0.25, 0.3) is 0 Å². The number of Topliss-reactive ketones (excluding diaryl/α,β-unsaturated/α-hetero) is 1.